The summed E-state index contributed by atoms with van der Waals surface area (Å²) in [5.74, 6) is 1.84. The predicted molar refractivity (Wildman–Crippen MR) is 137 cm³/mol. The van der Waals surface area contributed by atoms with Crippen LogP contribution in [-0.2, 0) is 9.53 Å². The number of allylic oxidation sites excluding steroid dienone is 1. The normalized spacial score (nSPS) is 16.4. The van der Waals surface area contributed by atoms with Gasteiger partial charge in [0.15, 0.2) is 16.3 Å². The lowest BCUT2D eigenvalue weighted by Crippen LogP contribution is -2.40. The molecule has 37 heavy (non-hydrogen) atoms. The molecule has 0 amide bonds. The number of esters is 1. The van der Waals surface area contributed by atoms with E-state index in [0.29, 0.717) is 43.6 Å². The minimum absolute atomic E-state index is 0.167. The summed E-state index contributed by atoms with van der Waals surface area (Å²) in [5, 5.41) is 0. The van der Waals surface area contributed by atoms with Gasteiger partial charge in [-0.05, 0) is 62.2 Å². The number of rotatable bonds is 6. The van der Waals surface area contributed by atoms with Crippen molar-refractivity contribution in [1.82, 2.24) is 4.57 Å². The van der Waals surface area contributed by atoms with Crippen LogP contribution in [0.5, 0.6) is 23.0 Å². The highest BCUT2D eigenvalue weighted by Crippen LogP contribution is 2.38. The highest BCUT2D eigenvalue weighted by molar-refractivity contribution is 7.07. The smallest absolute Gasteiger partial charge is 0.338 e. The van der Waals surface area contributed by atoms with Gasteiger partial charge in [-0.15, -0.1) is 0 Å². The largest absolute Gasteiger partial charge is 0.497 e. The van der Waals surface area contributed by atoms with E-state index in [-0.39, 0.29) is 24.5 Å². The molecule has 192 valence electrons. The maximum absolute atomic E-state index is 13.9. The molecule has 1 atom stereocenters. The number of thiazole rings is 1. The third-order valence-corrected chi connectivity index (χ3v) is 7.28. The van der Waals surface area contributed by atoms with Gasteiger partial charge < -0.3 is 23.7 Å². The van der Waals surface area contributed by atoms with E-state index < -0.39 is 12.0 Å². The quantitative estimate of drug-likeness (QED) is 0.459. The zero-order chi connectivity index (χ0) is 26.3. The van der Waals surface area contributed by atoms with Gasteiger partial charge in [0.1, 0.15) is 17.5 Å². The Morgan fingerprint density at radius 3 is 2.62 bits per heavy atom. The third-order valence-electron chi connectivity index (χ3n) is 6.30. The van der Waals surface area contributed by atoms with Crippen LogP contribution in [0.15, 0.2) is 51.4 Å². The Bertz CT molecular complexity index is 1620. The van der Waals surface area contributed by atoms with Crippen molar-refractivity contribution in [3.63, 3.8) is 0 Å². The molecule has 0 N–H and O–H groups in total. The fourth-order valence-corrected chi connectivity index (χ4v) is 5.52. The van der Waals surface area contributed by atoms with Crippen LogP contribution in [0.25, 0.3) is 6.08 Å². The maximum atomic E-state index is 13.9. The average molecular weight is 523 g/mol. The summed E-state index contributed by atoms with van der Waals surface area (Å²) >= 11 is 1.25. The van der Waals surface area contributed by atoms with Gasteiger partial charge >= 0.3 is 5.97 Å². The minimum atomic E-state index is -0.795. The first kappa shape index (κ1) is 24.6. The zero-order valence-electron chi connectivity index (χ0n) is 21.1. The number of methoxy groups -OCH3 is 2. The van der Waals surface area contributed by atoms with Gasteiger partial charge in [-0.2, -0.15) is 0 Å². The number of benzene rings is 2. The van der Waals surface area contributed by atoms with E-state index in [1.165, 1.54) is 23.0 Å². The Kier molecular flexibility index (Phi) is 6.51. The molecule has 3 heterocycles. The summed E-state index contributed by atoms with van der Waals surface area (Å²) < 4.78 is 29.3. The monoisotopic (exact) mass is 522 g/mol. The van der Waals surface area contributed by atoms with Crippen molar-refractivity contribution in [2.24, 2.45) is 4.99 Å². The fourth-order valence-electron chi connectivity index (χ4n) is 4.49. The Hall–Kier alpha value is -4.05. The van der Waals surface area contributed by atoms with Gasteiger partial charge in [0.2, 0.25) is 6.79 Å². The number of fused-ring (bicyclic) bond motifs is 2. The standard InChI is InChI=1S/C27H26N2O7S/c1-6-34-26(31)23-15(3)28-27-29(24(23)18-8-7-17(32-4)12-19(18)33-5)25(30)22(37-27)11-16-10-21-20(9-14(16)2)35-13-36-21/h7-12,24H,6,13H2,1-5H3/b22-11-/t24-/m0/s1. The van der Waals surface area contributed by atoms with Gasteiger partial charge in [0.25, 0.3) is 5.56 Å². The predicted octanol–water partition coefficient (Wildman–Crippen LogP) is 2.85. The van der Waals surface area contributed by atoms with Crippen LogP contribution in [0, 0.1) is 6.92 Å². The molecule has 10 heteroatoms. The molecule has 5 rings (SSSR count). The summed E-state index contributed by atoms with van der Waals surface area (Å²) in [6.07, 6.45) is 1.81. The second-order valence-electron chi connectivity index (χ2n) is 8.47. The van der Waals surface area contributed by atoms with E-state index >= 15 is 0 Å². The van der Waals surface area contributed by atoms with Crippen molar-refractivity contribution >= 4 is 23.4 Å². The van der Waals surface area contributed by atoms with Crippen molar-refractivity contribution in [3.8, 4) is 23.0 Å². The molecule has 3 aromatic rings. The molecule has 0 spiro atoms. The Morgan fingerprint density at radius 1 is 1.16 bits per heavy atom. The van der Waals surface area contributed by atoms with Crippen molar-refractivity contribution in [2.75, 3.05) is 27.6 Å². The number of aryl methyl sites for hydroxylation is 1. The van der Waals surface area contributed by atoms with Gasteiger partial charge in [-0.25, -0.2) is 9.79 Å². The highest BCUT2D eigenvalue weighted by atomic mass is 32.1. The summed E-state index contributed by atoms with van der Waals surface area (Å²) in [5.41, 5.74) is 2.86. The first-order valence-electron chi connectivity index (χ1n) is 11.7. The van der Waals surface area contributed by atoms with Crippen LogP contribution in [0.4, 0.5) is 0 Å². The topological polar surface area (TPSA) is 97.6 Å². The molecule has 1 aromatic heterocycles. The third kappa shape index (κ3) is 4.27. The molecule has 0 bridgehead atoms. The number of aromatic nitrogens is 1. The second kappa shape index (κ2) is 9.78. The van der Waals surface area contributed by atoms with Crippen LogP contribution in [0.1, 0.15) is 36.6 Å². The van der Waals surface area contributed by atoms with Gasteiger partial charge in [-0.3, -0.25) is 9.36 Å². The second-order valence-corrected chi connectivity index (χ2v) is 9.48. The van der Waals surface area contributed by atoms with Crippen LogP contribution in [-0.4, -0.2) is 38.2 Å². The number of hydrogen-bond donors (Lipinski definition) is 0. The minimum Gasteiger partial charge on any atom is -0.497 e. The molecule has 2 aliphatic rings. The van der Waals surface area contributed by atoms with E-state index in [4.69, 9.17) is 23.7 Å². The van der Waals surface area contributed by atoms with Crippen LogP contribution >= 0.6 is 11.3 Å². The average Bonchev–Trinajstić information content (AvgIpc) is 3.46. The van der Waals surface area contributed by atoms with E-state index in [9.17, 15) is 9.59 Å². The first-order chi connectivity index (χ1) is 17.9. The lowest BCUT2D eigenvalue weighted by Gasteiger charge is -2.26. The highest BCUT2D eigenvalue weighted by Gasteiger charge is 2.35. The number of carbonyl (C=O) groups is 1. The zero-order valence-corrected chi connectivity index (χ0v) is 21.9. The number of nitrogens with zero attached hydrogens (tertiary/aromatic N) is 2. The van der Waals surface area contributed by atoms with Crippen LogP contribution < -0.4 is 33.8 Å². The Labute approximate surface area is 216 Å². The number of hydrogen-bond acceptors (Lipinski definition) is 9. The van der Waals surface area contributed by atoms with Gasteiger partial charge in [0.05, 0.1) is 36.6 Å². The van der Waals surface area contributed by atoms with Gasteiger partial charge in [0, 0.05) is 11.6 Å². The lowest BCUT2D eigenvalue weighted by molar-refractivity contribution is -0.139. The van der Waals surface area contributed by atoms with Crippen molar-refractivity contribution in [2.45, 2.75) is 26.8 Å². The molecule has 0 fully saturated rings. The number of ether oxygens (including phenoxy) is 5. The summed E-state index contributed by atoms with van der Waals surface area (Å²) in [6.45, 7) is 5.78. The molecule has 0 saturated heterocycles. The molecule has 0 unspecified atom stereocenters. The van der Waals surface area contributed by atoms with E-state index in [1.807, 2.05) is 25.1 Å². The maximum Gasteiger partial charge on any atom is 0.338 e. The first-order valence-corrected chi connectivity index (χ1v) is 12.5. The van der Waals surface area contributed by atoms with E-state index in [0.717, 1.165) is 11.1 Å². The van der Waals surface area contributed by atoms with E-state index in [1.54, 1.807) is 39.2 Å². The summed E-state index contributed by atoms with van der Waals surface area (Å²) in [7, 11) is 3.09. The Morgan fingerprint density at radius 2 is 1.92 bits per heavy atom. The molecule has 9 nitrogen and oxygen atoms in total. The van der Waals surface area contributed by atoms with Crippen LogP contribution in [0.3, 0.4) is 0 Å². The van der Waals surface area contributed by atoms with Crippen molar-refractivity contribution < 1.29 is 28.5 Å². The molecule has 2 aromatic carbocycles. The van der Waals surface area contributed by atoms with Crippen molar-refractivity contribution in [1.29, 1.82) is 0 Å². The molecule has 2 aliphatic heterocycles. The summed E-state index contributed by atoms with van der Waals surface area (Å²) in [4.78, 5) is 32.1. The summed E-state index contributed by atoms with van der Waals surface area (Å²) in [6, 6.07) is 8.23. The van der Waals surface area contributed by atoms with E-state index in [2.05, 4.69) is 4.99 Å². The van der Waals surface area contributed by atoms with Crippen LogP contribution in [0.2, 0.25) is 0 Å². The lowest BCUT2D eigenvalue weighted by atomic mass is 9.95. The number of carbonyl (C=O) groups excluding carboxylic acids is 1. The molecule has 0 radical (unpaired) electrons. The SMILES string of the molecule is CCOC(=O)C1=C(C)N=c2s/c(=C\c3cc4c(cc3C)OCO4)c(=O)n2[C@H]1c1ccc(OC)cc1OC. The molecule has 0 saturated carbocycles. The molecular formula is C27H26N2O7S. The fraction of sp³-hybridized carbons (Fsp3) is 0.296. The Balaban J connectivity index is 1.74. The van der Waals surface area contributed by atoms with Gasteiger partial charge in [-0.1, -0.05) is 11.3 Å². The molecular weight excluding hydrogens is 496 g/mol. The molecule has 0 aliphatic carbocycles. The van der Waals surface area contributed by atoms with Crippen molar-refractivity contribution in [3.05, 3.63) is 78.0 Å².